The summed E-state index contributed by atoms with van der Waals surface area (Å²) in [5.41, 5.74) is 4.19. The van der Waals surface area contributed by atoms with Crippen LogP contribution in [0.25, 0.3) is 11.3 Å². The van der Waals surface area contributed by atoms with Gasteiger partial charge in [-0.05, 0) is 18.2 Å². The summed E-state index contributed by atoms with van der Waals surface area (Å²) < 4.78 is 77.7. The summed E-state index contributed by atoms with van der Waals surface area (Å²) >= 11 is 0. The summed E-state index contributed by atoms with van der Waals surface area (Å²) in [6.45, 7) is 0. The van der Waals surface area contributed by atoms with Gasteiger partial charge in [0.1, 0.15) is 5.75 Å². The van der Waals surface area contributed by atoms with E-state index in [0.29, 0.717) is 12.3 Å². The largest absolute Gasteiger partial charge is 0.573 e. The Bertz CT molecular complexity index is 681. The minimum Gasteiger partial charge on any atom is -0.406 e. The standard InChI is InChI=1S/C13H8F6N2O/c14-12(15,16)8-5-10(20)11(21-6-8)7-2-1-3-9(4-7)22-13(17,18)19/h1-6H,20H2. The highest BCUT2D eigenvalue weighted by atomic mass is 19.4. The average molecular weight is 322 g/mol. The van der Waals surface area contributed by atoms with Crippen LogP contribution in [0.2, 0.25) is 0 Å². The van der Waals surface area contributed by atoms with Crippen molar-refractivity contribution in [1.29, 1.82) is 0 Å². The lowest BCUT2D eigenvalue weighted by molar-refractivity contribution is -0.274. The highest BCUT2D eigenvalue weighted by Crippen LogP contribution is 2.34. The van der Waals surface area contributed by atoms with Crippen molar-refractivity contribution in [1.82, 2.24) is 4.98 Å². The van der Waals surface area contributed by atoms with Gasteiger partial charge in [0.05, 0.1) is 16.9 Å². The maximum atomic E-state index is 12.5. The van der Waals surface area contributed by atoms with Crippen LogP contribution in [0.1, 0.15) is 5.56 Å². The molecule has 1 aromatic heterocycles. The number of nitrogens with zero attached hydrogens (tertiary/aromatic N) is 1. The summed E-state index contributed by atoms with van der Waals surface area (Å²) in [6, 6.07) is 5.31. The lowest BCUT2D eigenvalue weighted by atomic mass is 10.1. The minimum atomic E-state index is -4.88. The van der Waals surface area contributed by atoms with Gasteiger partial charge in [-0.2, -0.15) is 13.2 Å². The number of nitrogen functional groups attached to an aromatic ring is 1. The van der Waals surface area contributed by atoms with Crippen LogP contribution >= 0.6 is 0 Å². The number of aromatic nitrogens is 1. The first kappa shape index (κ1) is 15.9. The molecular formula is C13H8F6N2O. The zero-order chi connectivity index (χ0) is 16.5. The zero-order valence-electron chi connectivity index (χ0n) is 10.7. The van der Waals surface area contributed by atoms with Gasteiger partial charge in [-0.25, -0.2) is 0 Å². The van der Waals surface area contributed by atoms with Gasteiger partial charge in [0, 0.05) is 11.8 Å². The Kier molecular flexibility index (Phi) is 3.90. The van der Waals surface area contributed by atoms with Gasteiger partial charge in [-0.3, -0.25) is 4.98 Å². The molecular weight excluding hydrogens is 314 g/mol. The van der Waals surface area contributed by atoms with Crippen molar-refractivity contribution in [3.05, 3.63) is 42.1 Å². The van der Waals surface area contributed by atoms with Gasteiger partial charge in [-0.1, -0.05) is 12.1 Å². The SMILES string of the molecule is Nc1cc(C(F)(F)F)cnc1-c1cccc(OC(F)(F)F)c1. The van der Waals surface area contributed by atoms with Crippen LogP contribution in [0.3, 0.4) is 0 Å². The molecule has 0 spiro atoms. The molecule has 22 heavy (non-hydrogen) atoms. The Balaban J connectivity index is 2.38. The van der Waals surface area contributed by atoms with Gasteiger partial charge in [0.2, 0.25) is 0 Å². The number of halogens is 6. The number of hydrogen-bond donors (Lipinski definition) is 1. The number of alkyl halides is 6. The summed E-state index contributed by atoms with van der Waals surface area (Å²) in [4.78, 5) is 3.57. The van der Waals surface area contributed by atoms with Crippen LogP contribution in [0.4, 0.5) is 32.0 Å². The molecule has 2 rings (SSSR count). The van der Waals surface area contributed by atoms with Crippen LogP contribution in [0, 0.1) is 0 Å². The van der Waals surface area contributed by atoms with E-state index in [2.05, 4.69) is 9.72 Å². The summed E-state index contributed by atoms with van der Waals surface area (Å²) in [5.74, 6) is -0.522. The third kappa shape index (κ3) is 3.80. The maximum absolute atomic E-state index is 12.5. The molecule has 3 nitrogen and oxygen atoms in total. The molecule has 0 radical (unpaired) electrons. The van der Waals surface area contributed by atoms with Crippen molar-refractivity contribution in [2.24, 2.45) is 0 Å². The van der Waals surface area contributed by atoms with Crippen LogP contribution in [-0.4, -0.2) is 11.3 Å². The Labute approximate surface area is 120 Å². The molecule has 0 atom stereocenters. The Hall–Kier alpha value is -2.45. The molecule has 0 aliphatic carbocycles. The fourth-order valence-corrected chi connectivity index (χ4v) is 1.72. The molecule has 2 N–H and O–H groups in total. The predicted molar refractivity (Wildman–Crippen MR) is 65.8 cm³/mol. The number of benzene rings is 1. The maximum Gasteiger partial charge on any atom is 0.573 e. The highest BCUT2D eigenvalue weighted by molar-refractivity contribution is 5.73. The van der Waals surface area contributed by atoms with Gasteiger partial charge >= 0.3 is 12.5 Å². The zero-order valence-corrected chi connectivity index (χ0v) is 10.7. The number of nitrogens with two attached hydrogens (primary N) is 1. The van der Waals surface area contributed by atoms with Crippen LogP contribution in [-0.2, 0) is 6.18 Å². The topological polar surface area (TPSA) is 48.1 Å². The molecule has 1 aromatic carbocycles. The number of anilines is 1. The molecule has 0 aliphatic heterocycles. The number of ether oxygens (including phenoxy) is 1. The van der Waals surface area contributed by atoms with Gasteiger partial charge in [-0.15, -0.1) is 13.2 Å². The molecule has 0 unspecified atom stereocenters. The quantitative estimate of drug-likeness (QED) is 0.841. The molecule has 0 fully saturated rings. The van der Waals surface area contributed by atoms with E-state index in [0.717, 1.165) is 12.1 Å². The first-order chi connectivity index (χ1) is 10.1. The molecule has 1 heterocycles. The smallest absolute Gasteiger partial charge is 0.406 e. The van der Waals surface area contributed by atoms with Crippen molar-refractivity contribution < 1.29 is 31.1 Å². The van der Waals surface area contributed by atoms with Crippen molar-refractivity contribution in [3.63, 3.8) is 0 Å². The molecule has 0 saturated heterocycles. The van der Waals surface area contributed by atoms with Gasteiger partial charge < -0.3 is 10.5 Å². The van der Waals surface area contributed by atoms with E-state index in [-0.39, 0.29) is 16.9 Å². The van der Waals surface area contributed by atoms with Crippen LogP contribution < -0.4 is 10.5 Å². The van der Waals surface area contributed by atoms with Crippen LogP contribution in [0.5, 0.6) is 5.75 Å². The van der Waals surface area contributed by atoms with Gasteiger partial charge in [0.15, 0.2) is 0 Å². The summed E-state index contributed by atoms with van der Waals surface area (Å²) in [6.07, 6.45) is -8.93. The number of pyridine rings is 1. The van der Waals surface area contributed by atoms with E-state index in [4.69, 9.17) is 5.73 Å². The van der Waals surface area contributed by atoms with Crippen molar-refractivity contribution in [2.75, 3.05) is 5.73 Å². The normalized spacial score (nSPS) is 12.3. The van der Waals surface area contributed by atoms with Gasteiger partial charge in [0.25, 0.3) is 0 Å². The fraction of sp³-hybridized carbons (Fsp3) is 0.154. The number of hydrogen-bond acceptors (Lipinski definition) is 3. The second-order valence-corrected chi connectivity index (χ2v) is 4.24. The summed E-state index contributed by atoms with van der Waals surface area (Å²) in [5, 5.41) is 0. The lowest BCUT2D eigenvalue weighted by Gasteiger charge is -2.12. The first-order valence-electron chi connectivity index (χ1n) is 5.75. The minimum absolute atomic E-state index is 0.0689. The van der Waals surface area contributed by atoms with E-state index in [1.165, 1.54) is 12.1 Å². The first-order valence-corrected chi connectivity index (χ1v) is 5.75. The lowest BCUT2D eigenvalue weighted by Crippen LogP contribution is -2.17. The second kappa shape index (κ2) is 5.39. The molecule has 118 valence electrons. The third-order valence-corrected chi connectivity index (χ3v) is 2.59. The van der Waals surface area contributed by atoms with E-state index in [1.54, 1.807) is 0 Å². The Morgan fingerprint density at radius 3 is 2.23 bits per heavy atom. The average Bonchev–Trinajstić information content (AvgIpc) is 2.35. The Morgan fingerprint density at radius 2 is 1.68 bits per heavy atom. The fourth-order valence-electron chi connectivity index (χ4n) is 1.72. The van der Waals surface area contributed by atoms with Crippen molar-refractivity contribution in [2.45, 2.75) is 12.5 Å². The molecule has 2 aromatic rings. The Morgan fingerprint density at radius 1 is 1.00 bits per heavy atom. The number of rotatable bonds is 2. The van der Waals surface area contributed by atoms with Crippen LogP contribution in [0.15, 0.2) is 36.5 Å². The van der Waals surface area contributed by atoms with E-state index in [9.17, 15) is 26.3 Å². The third-order valence-electron chi connectivity index (χ3n) is 2.59. The van der Waals surface area contributed by atoms with E-state index < -0.39 is 23.9 Å². The molecule has 0 aliphatic rings. The molecule has 0 bridgehead atoms. The molecule has 9 heteroatoms. The molecule has 0 saturated carbocycles. The van der Waals surface area contributed by atoms with E-state index >= 15 is 0 Å². The monoisotopic (exact) mass is 322 g/mol. The highest BCUT2D eigenvalue weighted by Gasteiger charge is 2.32. The van der Waals surface area contributed by atoms with E-state index in [1.807, 2.05) is 0 Å². The summed E-state index contributed by atoms with van der Waals surface area (Å²) in [7, 11) is 0. The predicted octanol–water partition coefficient (Wildman–Crippen LogP) is 4.25. The second-order valence-electron chi connectivity index (χ2n) is 4.24. The molecule has 0 amide bonds. The van der Waals surface area contributed by atoms with Crippen molar-refractivity contribution >= 4 is 5.69 Å². The van der Waals surface area contributed by atoms with Crippen molar-refractivity contribution in [3.8, 4) is 17.0 Å².